The Morgan fingerprint density at radius 1 is 1.13 bits per heavy atom. The molecule has 4 aromatic rings. The molecule has 0 fully saturated rings. The van der Waals surface area contributed by atoms with E-state index >= 15 is 0 Å². The summed E-state index contributed by atoms with van der Waals surface area (Å²) in [5.41, 5.74) is 3.27. The molecule has 1 amide bonds. The number of fused-ring (bicyclic) bond motifs is 2. The van der Waals surface area contributed by atoms with Gasteiger partial charge < -0.3 is 14.8 Å². The van der Waals surface area contributed by atoms with Crippen molar-refractivity contribution in [3.8, 4) is 22.8 Å². The van der Waals surface area contributed by atoms with Gasteiger partial charge in [-0.3, -0.25) is 4.79 Å². The third kappa shape index (κ3) is 3.68. The fraction of sp³-hybridized carbons (Fsp3) is 0.136. The average Bonchev–Trinajstić information content (AvgIpc) is 3.41. The fourth-order valence-corrected chi connectivity index (χ4v) is 3.74. The van der Waals surface area contributed by atoms with Crippen LogP contribution in [0.25, 0.3) is 16.9 Å². The van der Waals surface area contributed by atoms with Crippen LogP contribution < -0.4 is 14.8 Å². The Morgan fingerprint density at radius 3 is 2.74 bits per heavy atom. The van der Waals surface area contributed by atoms with E-state index in [0.29, 0.717) is 28.4 Å². The predicted octanol–water partition coefficient (Wildman–Crippen LogP) is 3.92. The molecule has 0 saturated carbocycles. The lowest BCUT2D eigenvalue weighted by atomic mass is 10.1. The Balaban J connectivity index is 1.53. The van der Waals surface area contributed by atoms with Gasteiger partial charge in [-0.1, -0.05) is 0 Å². The molecule has 2 aromatic carbocycles. The van der Waals surface area contributed by atoms with Crippen molar-refractivity contribution in [1.82, 2.24) is 19.9 Å². The maximum Gasteiger partial charge on any atom is 0.251 e. The van der Waals surface area contributed by atoms with Gasteiger partial charge in [-0.2, -0.15) is 5.10 Å². The van der Waals surface area contributed by atoms with E-state index < -0.39 is 5.82 Å². The zero-order chi connectivity index (χ0) is 21.4. The first-order chi connectivity index (χ1) is 15.1. The molecular formula is C22H17FN4O3S. The monoisotopic (exact) mass is 436 g/mol. The number of nitrogens with zero attached hydrogens (tertiary/aromatic N) is 3. The lowest BCUT2D eigenvalue weighted by Gasteiger charge is -2.08. The number of carbonyl (C=O) groups is 1. The first-order valence-corrected chi connectivity index (χ1v) is 10.7. The third-order valence-electron chi connectivity index (χ3n) is 4.92. The minimum atomic E-state index is -0.391. The number of benzene rings is 2. The van der Waals surface area contributed by atoms with Crippen LogP contribution in [0.5, 0.6) is 11.5 Å². The summed E-state index contributed by atoms with van der Waals surface area (Å²) < 4.78 is 25.8. The average molecular weight is 436 g/mol. The van der Waals surface area contributed by atoms with Crippen molar-refractivity contribution in [2.24, 2.45) is 0 Å². The normalized spacial score (nSPS) is 12.3. The van der Waals surface area contributed by atoms with Gasteiger partial charge in [0.05, 0.1) is 17.9 Å². The first kappa shape index (κ1) is 19.4. The van der Waals surface area contributed by atoms with Crippen LogP contribution in [0.15, 0.2) is 59.6 Å². The molecule has 9 heteroatoms. The van der Waals surface area contributed by atoms with Crippen LogP contribution >= 0.6 is 11.8 Å². The highest BCUT2D eigenvalue weighted by Gasteiger charge is 2.20. The largest absolute Gasteiger partial charge is 0.454 e. The van der Waals surface area contributed by atoms with Gasteiger partial charge in [-0.25, -0.2) is 13.9 Å². The number of imidazole rings is 1. The van der Waals surface area contributed by atoms with Crippen molar-refractivity contribution >= 4 is 23.3 Å². The van der Waals surface area contributed by atoms with Gasteiger partial charge in [-0.05, 0) is 60.9 Å². The molecule has 1 aliphatic heterocycles. The van der Waals surface area contributed by atoms with Gasteiger partial charge in [0.1, 0.15) is 10.8 Å². The molecule has 0 radical (unpaired) electrons. The van der Waals surface area contributed by atoms with Crippen molar-refractivity contribution in [2.75, 3.05) is 13.0 Å². The molecule has 1 N–H and O–H groups in total. The Bertz CT molecular complexity index is 1290. The summed E-state index contributed by atoms with van der Waals surface area (Å²) in [5, 5.41) is 8.35. The summed E-state index contributed by atoms with van der Waals surface area (Å²) in [7, 11) is 0. The molecule has 7 nitrogen and oxygen atoms in total. The molecule has 0 saturated heterocycles. The van der Waals surface area contributed by atoms with Gasteiger partial charge in [0.15, 0.2) is 17.1 Å². The molecule has 3 heterocycles. The number of nitrogens with one attached hydrogen (secondary N) is 1. The van der Waals surface area contributed by atoms with Gasteiger partial charge in [0.2, 0.25) is 6.79 Å². The van der Waals surface area contributed by atoms with Crippen LogP contribution in [0, 0.1) is 5.82 Å². The Labute approximate surface area is 181 Å². The summed E-state index contributed by atoms with van der Waals surface area (Å²) in [6, 6.07) is 14.8. The minimum Gasteiger partial charge on any atom is -0.454 e. The Hall–Kier alpha value is -3.59. The van der Waals surface area contributed by atoms with E-state index in [9.17, 15) is 9.18 Å². The van der Waals surface area contributed by atoms with E-state index in [2.05, 4.69) is 10.4 Å². The van der Waals surface area contributed by atoms with Crippen LogP contribution in [0.3, 0.4) is 0 Å². The molecule has 2 aromatic heterocycles. The van der Waals surface area contributed by atoms with E-state index in [1.54, 1.807) is 4.52 Å². The van der Waals surface area contributed by atoms with Crippen LogP contribution in [-0.2, 0) is 6.54 Å². The minimum absolute atomic E-state index is 0.184. The van der Waals surface area contributed by atoms with Crippen LogP contribution in [0.2, 0.25) is 0 Å². The number of ether oxygens (including phenoxy) is 2. The second kappa shape index (κ2) is 7.92. The van der Waals surface area contributed by atoms with Crippen molar-refractivity contribution in [3.05, 3.63) is 71.7 Å². The van der Waals surface area contributed by atoms with E-state index in [-0.39, 0.29) is 19.2 Å². The topological polar surface area (TPSA) is 77.8 Å². The van der Waals surface area contributed by atoms with Gasteiger partial charge >= 0.3 is 0 Å². The summed E-state index contributed by atoms with van der Waals surface area (Å²) in [6.45, 7) is 0.370. The van der Waals surface area contributed by atoms with Crippen LogP contribution in [-0.4, -0.2) is 33.6 Å². The number of halogens is 1. The number of carbonyl (C=O) groups excluding carboxylic acids is 1. The molecule has 0 aliphatic carbocycles. The number of amides is 1. The lowest BCUT2D eigenvalue weighted by Crippen LogP contribution is -2.24. The van der Waals surface area contributed by atoms with Crippen molar-refractivity contribution in [1.29, 1.82) is 0 Å². The molecule has 0 unspecified atom stereocenters. The van der Waals surface area contributed by atoms with Gasteiger partial charge in [0.25, 0.3) is 5.91 Å². The number of rotatable bonds is 5. The molecule has 1 aliphatic rings. The first-order valence-electron chi connectivity index (χ1n) is 9.49. The van der Waals surface area contributed by atoms with Crippen molar-refractivity contribution in [2.45, 2.75) is 11.6 Å². The van der Waals surface area contributed by atoms with E-state index in [0.717, 1.165) is 16.3 Å². The molecule has 0 spiro atoms. The molecular weight excluding hydrogens is 419 g/mol. The van der Waals surface area contributed by atoms with Crippen molar-refractivity contribution in [3.63, 3.8) is 0 Å². The SMILES string of the molecule is CSc1ccc2nc(-c3ccc4c(c3)OCO4)c(CNC(=O)c3ccc(F)cc3)n2n1. The van der Waals surface area contributed by atoms with Gasteiger partial charge in [0, 0.05) is 11.1 Å². The molecule has 5 rings (SSSR count). The van der Waals surface area contributed by atoms with E-state index in [1.165, 1.54) is 36.0 Å². The number of thioether (sulfide) groups is 1. The highest BCUT2D eigenvalue weighted by Crippen LogP contribution is 2.36. The van der Waals surface area contributed by atoms with Gasteiger partial charge in [-0.15, -0.1) is 11.8 Å². The summed E-state index contributed by atoms with van der Waals surface area (Å²) in [5.74, 6) is 0.625. The standard InChI is InChI=1S/C22H17FN4O3S/c1-31-20-9-8-19-25-21(14-4-7-17-18(10-14)30-12-29-17)16(27(19)26-20)11-24-22(28)13-2-5-15(23)6-3-13/h2-10H,11-12H2,1H3,(H,24,28). The van der Waals surface area contributed by atoms with E-state index in [1.807, 2.05) is 36.6 Å². The molecule has 156 valence electrons. The second-order valence-electron chi connectivity index (χ2n) is 6.81. The molecule has 0 bridgehead atoms. The Kier molecular flexibility index (Phi) is 4.95. The number of aromatic nitrogens is 3. The highest BCUT2D eigenvalue weighted by molar-refractivity contribution is 7.98. The summed E-state index contributed by atoms with van der Waals surface area (Å²) >= 11 is 1.52. The van der Waals surface area contributed by atoms with E-state index in [4.69, 9.17) is 14.5 Å². The van der Waals surface area contributed by atoms with Crippen molar-refractivity contribution < 1.29 is 18.7 Å². The fourth-order valence-electron chi connectivity index (χ4n) is 3.37. The molecule has 31 heavy (non-hydrogen) atoms. The maximum atomic E-state index is 13.2. The lowest BCUT2D eigenvalue weighted by molar-refractivity contribution is 0.0950. The third-order valence-corrected chi connectivity index (χ3v) is 5.56. The van der Waals surface area contributed by atoms with Crippen LogP contribution in [0.1, 0.15) is 16.1 Å². The predicted molar refractivity (Wildman–Crippen MR) is 114 cm³/mol. The zero-order valence-electron chi connectivity index (χ0n) is 16.5. The highest BCUT2D eigenvalue weighted by atomic mass is 32.2. The molecule has 0 atom stereocenters. The number of hydrogen-bond acceptors (Lipinski definition) is 6. The van der Waals surface area contributed by atoms with Crippen LogP contribution in [0.4, 0.5) is 4.39 Å². The smallest absolute Gasteiger partial charge is 0.251 e. The maximum absolute atomic E-state index is 13.2. The summed E-state index contributed by atoms with van der Waals surface area (Å²) in [4.78, 5) is 17.3. The summed E-state index contributed by atoms with van der Waals surface area (Å²) in [6.07, 6.45) is 1.94. The second-order valence-corrected chi connectivity index (χ2v) is 7.64. The quantitative estimate of drug-likeness (QED) is 0.478. The number of hydrogen-bond donors (Lipinski definition) is 1. The Morgan fingerprint density at radius 2 is 1.94 bits per heavy atom. The zero-order valence-corrected chi connectivity index (χ0v) is 17.3.